The zero-order valence-corrected chi connectivity index (χ0v) is 16.9. The number of unbranched alkanes of at least 4 members (excludes halogenated alkanes) is 2. The molecule has 6 heteroatoms. The van der Waals surface area contributed by atoms with Crippen molar-refractivity contribution < 1.29 is 14.3 Å². The lowest BCUT2D eigenvalue weighted by Gasteiger charge is -2.13. The van der Waals surface area contributed by atoms with E-state index in [4.69, 9.17) is 21.7 Å². The number of para-hydroxylation sites is 2. The second-order valence-electron chi connectivity index (χ2n) is 6.08. The molecule has 2 aromatic carbocycles. The summed E-state index contributed by atoms with van der Waals surface area (Å²) in [7, 11) is 0. The van der Waals surface area contributed by atoms with Crippen molar-refractivity contribution in [2.75, 3.05) is 18.5 Å². The first-order valence-electron chi connectivity index (χ1n) is 9.32. The number of anilines is 1. The molecule has 0 heterocycles. The number of amides is 1. The van der Waals surface area contributed by atoms with Gasteiger partial charge in [-0.3, -0.25) is 10.1 Å². The second-order valence-corrected chi connectivity index (χ2v) is 6.49. The monoisotopic (exact) mass is 398 g/mol. The summed E-state index contributed by atoms with van der Waals surface area (Å²) in [6.45, 7) is 6.85. The summed E-state index contributed by atoms with van der Waals surface area (Å²) < 4.78 is 11.2. The summed E-state index contributed by atoms with van der Waals surface area (Å²) in [5.74, 6) is 1.09. The maximum atomic E-state index is 12.4. The van der Waals surface area contributed by atoms with Crippen molar-refractivity contribution in [1.29, 1.82) is 0 Å². The highest BCUT2D eigenvalue weighted by molar-refractivity contribution is 7.80. The Balaban J connectivity index is 1.88. The molecule has 0 aliphatic rings. The minimum Gasteiger partial charge on any atom is -0.494 e. The summed E-state index contributed by atoms with van der Waals surface area (Å²) in [5.41, 5.74) is 1.17. The van der Waals surface area contributed by atoms with E-state index in [1.165, 1.54) is 0 Å². The number of carbonyl (C=O) groups is 1. The van der Waals surface area contributed by atoms with Gasteiger partial charge in [0.05, 0.1) is 12.3 Å². The quantitative estimate of drug-likeness (QED) is 0.337. The second kappa shape index (κ2) is 11.8. The molecule has 2 N–H and O–H groups in total. The predicted molar refractivity (Wildman–Crippen MR) is 117 cm³/mol. The molecule has 28 heavy (non-hydrogen) atoms. The lowest BCUT2D eigenvalue weighted by Crippen LogP contribution is -2.34. The molecule has 0 radical (unpaired) electrons. The highest BCUT2D eigenvalue weighted by Crippen LogP contribution is 2.23. The minimum absolute atomic E-state index is 0.194. The van der Waals surface area contributed by atoms with Crippen LogP contribution in [0.3, 0.4) is 0 Å². The molecule has 5 nitrogen and oxygen atoms in total. The smallest absolute Gasteiger partial charge is 0.257 e. The molecule has 0 aromatic heterocycles. The van der Waals surface area contributed by atoms with Gasteiger partial charge in [0.15, 0.2) is 5.11 Å². The summed E-state index contributed by atoms with van der Waals surface area (Å²) >= 11 is 5.25. The van der Waals surface area contributed by atoms with Crippen LogP contribution in [0.1, 0.15) is 36.5 Å². The molecule has 0 saturated carbocycles. The van der Waals surface area contributed by atoms with Gasteiger partial charge < -0.3 is 14.8 Å². The molecule has 0 aliphatic carbocycles. The Morgan fingerprint density at radius 3 is 2.57 bits per heavy atom. The molecule has 0 aliphatic heterocycles. The number of carbonyl (C=O) groups excluding carboxylic acids is 1. The molecular formula is C22H26N2O3S. The van der Waals surface area contributed by atoms with Crippen molar-refractivity contribution in [2.24, 2.45) is 0 Å². The van der Waals surface area contributed by atoms with Crippen LogP contribution in [-0.2, 0) is 0 Å². The van der Waals surface area contributed by atoms with E-state index in [-0.39, 0.29) is 11.0 Å². The number of hydrogen-bond acceptors (Lipinski definition) is 4. The Hall–Kier alpha value is -2.86. The van der Waals surface area contributed by atoms with E-state index in [9.17, 15) is 4.79 Å². The Morgan fingerprint density at radius 2 is 1.86 bits per heavy atom. The zero-order valence-electron chi connectivity index (χ0n) is 16.1. The van der Waals surface area contributed by atoms with Gasteiger partial charge in [0.2, 0.25) is 0 Å². The summed E-state index contributed by atoms with van der Waals surface area (Å²) in [5, 5.41) is 5.85. The van der Waals surface area contributed by atoms with E-state index >= 15 is 0 Å². The molecular weight excluding hydrogens is 372 g/mol. The summed E-state index contributed by atoms with van der Waals surface area (Å²) in [6, 6.07) is 14.4. The first-order chi connectivity index (χ1) is 13.6. The molecule has 0 fully saturated rings. The maximum absolute atomic E-state index is 12.4. The van der Waals surface area contributed by atoms with Crippen LogP contribution in [-0.4, -0.2) is 24.2 Å². The van der Waals surface area contributed by atoms with Crippen LogP contribution in [0.15, 0.2) is 61.2 Å². The molecule has 1 amide bonds. The predicted octanol–water partition coefficient (Wildman–Crippen LogP) is 4.95. The van der Waals surface area contributed by atoms with Crippen molar-refractivity contribution in [1.82, 2.24) is 5.32 Å². The number of nitrogens with one attached hydrogen (secondary N) is 2. The third-order valence-electron chi connectivity index (χ3n) is 3.85. The molecule has 148 valence electrons. The van der Waals surface area contributed by atoms with Crippen LogP contribution in [0.5, 0.6) is 11.5 Å². The Labute approximate surface area is 171 Å². The lowest BCUT2D eigenvalue weighted by molar-refractivity contribution is 0.0977. The van der Waals surface area contributed by atoms with Gasteiger partial charge in [0, 0.05) is 5.56 Å². The maximum Gasteiger partial charge on any atom is 0.257 e. The molecule has 0 unspecified atom stereocenters. The van der Waals surface area contributed by atoms with Gasteiger partial charge in [-0.05, 0) is 55.0 Å². The lowest BCUT2D eigenvalue weighted by atomic mass is 10.2. The average molecular weight is 399 g/mol. The fourth-order valence-electron chi connectivity index (χ4n) is 2.42. The van der Waals surface area contributed by atoms with Crippen molar-refractivity contribution in [3.05, 3.63) is 66.7 Å². The Morgan fingerprint density at radius 1 is 1.11 bits per heavy atom. The van der Waals surface area contributed by atoms with Crippen molar-refractivity contribution in [2.45, 2.75) is 26.2 Å². The van der Waals surface area contributed by atoms with Gasteiger partial charge in [-0.2, -0.15) is 0 Å². The summed E-state index contributed by atoms with van der Waals surface area (Å²) in [4.78, 5) is 12.4. The third-order valence-corrected chi connectivity index (χ3v) is 4.06. The Bertz CT molecular complexity index is 791. The van der Waals surface area contributed by atoms with Gasteiger partial charge in [0.25, 0.3) is 5.91 Å². The number of thiocarbonyl (C=S) groups is 1. The van der Waals surface area contributed by atoms with Gasteiger partial charge in [-0.1, -0.05) is 44.6 Å². The van der Waals surface area contributed by atoms with E-state index in [2.05, 4.69) is 24.1 Å². The van der Waals surface area contributed by atoms with Crippen molar-refractivity contribution in [3.63, 3.8) is 0 Å². The topological polar surface area (TPSA) is 59.6 Å². The van der Waals surface area contributed by atoms with Crippen LogP contribution in [0, 0.1) is 0 Å². The van der Waals surface area contributed by atoms with E-state index in [1.54, 1.807) is 30.3 Å². The van der Waals surface area contributed by atoms with Gasteiger partial charge in [0.1, 0.15) is 18.1 Å². The molecule has 0 atom stereocenters. The Kier molecular flexibility index (Phi) is 9.01. The number of rotatable bonds is 10. The SMILES string of the molecule is C=CCOc1ccccc1NC(=S)NC(=O)c1ccc(OCCCCC)cc1. The van der Waals surface area contributed by atoms with Crippen molar-refractivity contribution >= 4 is 28.9 Å². The number of benzene rings is 2. The minimum atomic E-state index is -0.292. The first-order valence-corrected chi connectivity index (χ1v) is 9.72. The van der Waals surface area contributed by atoms with E-state index in [1.807, 2.05) is 24.3 Å². The van der Waals surface area contributed by atoms with Crippen molar-refractivity contribution in [3.8, 4) is 11.5 Å². The molecule has 0 saturated heterocycles. The molecule has 2 aromatic rings. The number of ether oxygens (including phenoxy) is 2. The number of hydrogen-bond donors (Lipinski definition) is 2. The average Bonchev–Trinajstić information content (AvgIpc) is 2.71. The summed E-state index contributed by atoms with van der Waals surface area (Å²) in [6.07, 6.45) is 4.98. The van der Waals surface area contributed by atoms with Crippen LogP contribution in [0.25, 0.3) is 0 Å². The third kappa shape index (κ3) is 7.04. The fraction of sp³-hybridized carbons (Fsp3) is 0.273. The van der Waals surface area contributed by atoms with Crippen LogP contribution in [0.2, 0.25) is 0 Å². The van der Waals surface area contributed by atoms with Crippen LogP contribution < -0.4 is 20.1 Å². The highest BCUT2D eigenvalue weighted by Gasteiger charge is 2.10. The van der Waals surface area contributed by atoms with Gasteiger partial charge >= 0.3 is 0 Å². The zero-order chi connectivity index (χ0) is 20.2. The highest BCUT2D eigenvalue weighted by atomic mass is 32.1. The largest absolute Gasteiger partial charge is 0.494 e. The van der Waals surface area contributed by atoms with Crippen LogP contribution in [0.4, 0.5) is 5.69 Å². The standard InChI is InChI=1S/C22H26N2O3S/c1-3-5-8-16-26-18-13-11-17(12-14-18)21(25)24-22(28)23-19-9-6-7-10-20(19)27-15-4-2/h4,6-7,9-14H,2-3,5,8,15-16H2,1H3,(H2,23,24,25,28). The van der Waals surface area contributed by atoms with E-state index < -0.39 is 0 Å². The fourth-order valence-corrected chi connectivity index (χ4v) is 2.62. The normalized spacial score (nSPS) is 10.0. The molecule has 0 bridgehead atoms. The van der Waals surface area contributed by atoms with Crippen LogP contribution >= 0.6 is 12.2 Å². The first kappa shape index (κ1) is 21.4. The van der Waals surface area contributed by atoms with E-state index in [0.717, 1.165) is 25.0 Å². The molecule has 0 spiro atoms. The van der Waals surface area contributed by atoms with E-state index in [0.29, 0.717) is 30.2 Å². The van der Waals surface area contributed by atoms with Gasteiger partial charge in [-0.25, -0.2) is 0 Å². The van der Waals surface area contributed by atoms with Gasteiger partial charge in [-0.15, -0.1) is 0 Å². The molecule has 2 rings (SSSR count).